The molecule has 1 heterocycles. The molecule has 1 aromatic carbocycles. The summed E-state index contributed by atoms with van der Waals surface area (Å²) >= 11 is 5.72. The second-order valence-electron chi connectivity index (χ2n) is 4.54. The Morgan fingerprint density at radius 3 is 2.83 bits per heavy atom. The van der Waals surface area contributed by atoms with Crippen LogP contribution >= 0.6 is 11.6 Å². The lowest BCUT2D eigenvalue weighted by molar-refractivity contribution is 0.140. The Balaban J connectivity index is 1.70. The Labute approximate surface area is 139 Å². The normalized spacial score (nSPS) is 9.61. The average molecular weight is 331 g/mol. The Kier molecular flexibility index (Phi) is 6.28. The second kappa shape index (κ2) is 8.66. The third-order valence-corrected chi connectivity index (χ3v) is 2.99. The van der Waals surface area contributed by atoms with Crippen molar-refractivity contribution in [3.63, 3.8) is 0 Å². The summed E-state index contributed by atoms with van der Waals surface area (Å²) in [6, 6.07) is 12.3. The first-order valence-electron chi connectivity index (χ1n) is 6.94. The third kappa shape index (κ3) is 5.89. The van der Waals surface area contributed by atoms with Crippen LogP contribution < -0.4 is 5.32 Å². The zero-order chi connectivity index (χ0) is 16.5. The van der Waals surface area contributed by atoms with E-state index in [1.165, 1.54) is 12.1 Å². The van der Waals surface area contributed by atoms with Crippen molar-refractivity contribution in [2.24, 2.45) is 0 Å². The lowest BCUT2D eigenvalue weighted by Crippen LogP contribution is -2.24. The van der Waals surface area contributed by atoms with E-state index in [1.54, 1.807) is 0 Å². The number of nitrogens with one attached hydrogen (secondary N) is 1. The first-order chi connectivity index (χ1) is 11.1. The molecule has 0 aliphatic carbocycles. The quantitative estimate of drug-likeness (QED) is 0.513. The van der Waals surface area contributed by atoms with Gasteiger partial charge in [-0.3, -0.25) is 0 Å². The van der Waals surface area contributed by atoms with Gasteiger partial charge in [0.05, 0.1) is 0 Å². The van der Waals surface area contributed by atoms with Crippen LogP contribution in [0.2, 0.25) is 5.15 Å². The van der Waals surface area contributed by atoms with Crippen LogP contribution in [0, 0.1) is 11.8 Å². The van der Waals surface area contributed by atoms with Gasteiger partial charge in [0.2, 0.25) is 0 Å². The monoisotopic (exact) mass is 330 g/mol. The molecule has 0 unspecified atom stereocenters. The molecule has 0 bridgehead atoms. The van der Waals surface area contributed by atoms with Crippen molar-refractivity contribution in [2.75, 3.05) is 6.54 Å². The van der Waals surface area contributed by atoms with Crippen molar-refractivity contribution in [2.45, 2.75) is 13.0 Å². The highest BCUT2D eigenvalue weighted by molar-refractivity contribution is 6.29. The summed E-state index contributed by atoms with van der Waals surface area (Å²) in [5.41, 5.74) is 1.13. The Morgan fingerprint density at radius 1 is 1.26 bits per heavy atom. The zero-order valence-corrected chi connectivity index (χ0v) is 13.0. The van der Waals surface area contributed by atoms with Crippen molar-refractivity contribution in [3.05, 3.63) is 58.9 Å². The predicted octanol–water partition coefficient (Wildman–Crippen LogP) is 3.11. The number of alkyl carbamates (subject to hydrolysis) is 1. The molecule has 0 saturated heterocycles. The van der Waals surface area contributed by atoms with Crippen LogP contribution in [0.25, 0.3) is 0 Å². The molecule has 5 nitrogen and oxygen atoms in total. The third-order valence-electron chi connectivity index (χ3n) is 2.78. The minimum Gasteiger partial charge on any atom is -0.505 e. The van der Waals surface area contributed by atoms with E-state index in [9.17, 15) is 9.90 Å². The Morgan fingerprint density at radius 2 is 2.04 bits per heavy atom. The number of hydrogen-bond acceptors (Lipinski definition) is 4. The van der Waals surface area contributed by atoms with Crippen molar-refractivity contribution in [1.82, 2.24) is 10.3 Å². The number of carbonyl (C=O) groups is 1. The van der Waals surface area contributed by atoms with Gasteiger partial charge in [-0.1, -0.05) is 47.9 Å². The largest absolute Gasteiger partial charge is 0.505 e. The van der Waals surface area contributed by atoms with E-state index in [4.69, 9.17) is 16.3 Å². The molecular weight excluding hydrogens is 316 g/mol. The molecule has 0 radical (unpaired) electrons. The van der Waals surface area contributed by atoms with Crippen LogP contribution in [0.5, 0.6) is 5.75 Å². The number of amides is 1. The van der Waals surface area contributed by atoms with Crippen LogP contribution in [0.1, 0.15) is 17.7 Å². The molecule has 6 heteroatoms. The topological polar surface area (TPSA) is 71.5 Å². The Bertz CT molecular complexity index is 724. The molecule has 2 rings (SSSR count). The summed E-state index contributed by atoms with van der Waals surface area (Å²) in [5, 5.41) is 12.4. The van der Waals surface area contributed by atoms with Crippen molar-refractivity contribution < 1.29 is 14.6 Å². The lowest BCUT2D eigenvalue weighted by Gasteiger charge is -2.05. The van der Waals surface area contributed by atoms with Gasteiger partial charge in [-0.25, -0.2) is 9.78 Å². The number of halogens is 1. The van der Waals surface area contributed by atoms with E-state index < -0.39 is 6.09 Å². The average Bonchev–Trinajstić information content (AvgIpc) is 2.56. The number of pyridine rings is 1. The van der Waals surface area contributed by atoms with Gasteiger partial charge in [0, 0.05) is 13.0 Å². The van der Waals surface area contributed by atoms with E-state index in [0.717, 1.165) is 5.56 Å². The second-order valence-corrected chi connectivity index (χ2v) is 4.93. The maximum absolute atomic E-state index is 11.5. The van der Waals surface area contributed by atoms with Gasteiger partial charge in [0.1, 0.15) is 17.5 Å². The van der Waals surface area contributed by atoms with Gasteiger partial charge in [-0.2, -0.15) is 0 Å². The number of aromatic hydroxyl groups is 1. The molecule has 1 amide bonds. The van der Waals surface area contributed by atoms with Gasteiger partial charge in [0.25, 0.3) is 0 Å². The standard InChI is InChI=1S/C17H15ClN2O3/c18-16-10-9-15(21)14(20-16)8-4-5-11-19-17(22)23-12-13-6-2-1-3-7-13/h1-3,6-7,9-10,21H,5,11-12H2,(H,19,22). The molecule has 2 aromatic rings. The van der Waals surface area contributed by atoms with Crippen molar-refractivity contribution in [1.29, 1.82) is 0 Å². The summed E-state index contributed by atoms with van der Waals surface area (Å²) in [5.74, 6) is 5.46. The van der Waals surface area contributed by atoms with Gasteiger partial charge in [0.15, 0.2) is 5.69 Å². The predicted molar refractivity (Wildman–Crippen MR) is 87.0 cm³/mol. The summed E-state index contributed by atoms with van der Waals surface area (Å²) in [4.78, 5) is 15.4. The molecule has 118 valence electrons. The summed E-state index contributed by atoms with van der Waals surface area (Å²) in [6.07, 6.45) is -0.104. The summed E-state index contributed by atoms with van der Waals surface area (Å²) in [7, 11) is 0. The summed E-state index contributed by atoms with van der Waals surface area (Å²) in [6.45, 7) is 0.556. The minimum absolute atomic E-state index is 0.0304. The number of hydrogen-bond donors (Lipinski definition) is 2. The first-order valence-corrected chi connectivity index (χ1v) is 7.32. The number of nitrogens with zero attached hydrogens (tertiary/aromatic N) is 1. The zero-order valence-electron chi connectivity index (χ0n) is 12.3. The Hall–Kier alpha value is -2.71. The number of ether oxygens (including phenoxy) is 1. The molecule has 23 heavy (non-hydrogen) atoms. The van der Waals surface area contributed by atoms with Gasteiger partial charge < -0.3 is 15.2 Å². The fourth-order valence-corrected chi connectivity index (χ4v) is 1.81. The molecular formula is C17H15ClN2O3. The van der Waals surface area contributed by atoms with E-state index in [1.807, 2.05) is 30.3 Å². The van der Waals surface area contributed by atoms with Crippen LogP contribution in [0.3, 0.4) is 0 Å². The van der Waals surface area contributed by atoms with Crippen molar-refractivity contribution >= 4 is 17.7 Å². The fourth-order valence-electron chi connectivity index (χ4n) is 1.67. The number of aromatic nitrogens is 1. The van der Waals surface area contributed by atoms with Gasteiger partial charge in [-0.15, -0.1) is 0 Å². The molecule has 0 saturated carbocycles. The molecule has 1 aromatic heterocycles. The molecule has 0 aliphatic rings. The van der Waals surface area contributed by atoms with E-state index in [-0.39, 0.29) is 23.2 Å². The fraction of sp³-hybridized carbons (Fsp3) is 0.176. The highest BCUT2D eigenvalue weighted by Crippen LogP contribution is 2.16. The SMILES string of the molecule is O=C(NCCC#Cc1nc(Cl)ccc1O)OCc1ccccc1. The number of rotatable bonds is 4. The van der Waals surface area contributed by atoms with E-state index in [2.05, 4.69) is 22.1 Å². The molecule has 0 aliphatic heterocycles. The lowest BCUT2D eigenvalue weighted by atomic mass is 10.2. The summed E-state index contributed by atoms with van der Waals surface area (Å²) < 4.78 is 5.06. The minimum atomic E-state index is -0.501. The smallest absolute Gasteiger partial charge is 0.407 e. The molecule has 0 fully saturated rings. The first kappa shape index (κ1) is 16.7. The number of benzene rings is 1. The van der Waals surface area contributed by atoms with Crippen LogP contribution in [-0.2, 0) is 11.3 Å². The number of carbonyl (C=O) groups excluding carboxylic acids is 1. The van der Waals surface area contributed by atoms with Crippen molar-refractivity contribution in [3.8, 4) is 17.6 Å². The molecule has 2 N–H and O–H groups in total. The van der Waals surface area contributed by atoms with Gasteiger partial charge >= 0.3 is 6.09 Å². The molecule has 0 atom stereocenters. The highest BCUT2D eigenvalue weighted by Gasteiger charge is 2.01. The molecule has 0 spiro atoms. The highest BCUT2D eigenvalue weighted by atomic mass is 35.5. The van der Waals surface area contributed by atoms with Gasteiger partial charge in [-0.05, 0) is 23.6 Å². The van der Waals surface area contributed by atoms with Crippen LogP contribution in [0.15, 0.2) is 42.5 Å². The van der Waals surface area contributed by atoms with E-state index in [0.29, 0.717) is 13.0 Å². The van der Waals surface area contributed by atoms with Crippen LogP contribution in [-0.4, -0.2) is 22.7 Å². The maximum atomic E-state index is 11.5. The maximum Gasteiger partial charge on any atom is 0.407 e. The van der Waals surface area contributed by atoms with E-state index >= 15 is 0 Å². The van der Waals surface area contributed by atoms with Crippen LogP contribution in [0.4, 0.5) is 4.79 Å².